The molecule has 1 aliphatic heterocycles. The van der Waals surface area contributed by atoms with E-state index < -0.39 is 0 Å². The van der Waals surface area contributed by atoms with E-state index in [-0.39, 0.29) is 17.9 Å². The van der Waals surface area contributed by atoms with Crippen LogP contribution in [0.15, 0.2) is 28.7 Å². The number of carbonyl (C=O) groups is 1. The molecule has 2 rings (SSSR count). The number of ether oxygens (including phenoxy) is 1. The third-order valence-corrected chi connectivity index (χ3v) is 4.29. The highest BCUT2D eigenvalue weighted by atomic mass is 79.9. The fraction of sp³-hybridized carbons (Fsp3) is 0.562. The van der Waals surface area contributed by atoms with E-state index in [1.54, 1.807) is 4.90 Å². The van der Waals surface area contributed by atoms with Gasteiger partial charge in [0.15, 0.2) is 0 Å². The highest BCUT2D eigenvalue weighted by Crippen LogP contribution is 2.18. The van der Waals surface area contributed by atoms with Crippen molar-refractivity contribution in [1.29, 1.82) is 0 Å². The summed E-state index contributed by atoms with van der Waals surface area (Å²) in [4.78, 5) is 14.4. The van der Waals surface area contributed by atoms with Crippen LogP contribution in [0.25, 0.3) is 0 Å². The molecule has 5 heteroatoms. The number of nitrogens with zero attached hydrogens (tertiary/aromatic N) is 1. The second-order valence-electron chi connectivity index (χ2n) is 5.53. The molecule has 1 fully saturated rings. The molecule has 1 aromatic rings. The minimum absolute atomic E-state index is 0.0722. The molecule has 1 heterocycles. The quantitative estimate of drug-likeness (QED) is 0.852. The van der Waals surface area contributed by atoms with Crippen molar-refractivity contribution in [3.63, 3.8) is 0 Å². The average Bonchev–Trinajstić information content (AvgIpc) is 2.95. The Labute approximate surface area is 135 Å². The molecule has 0 saturated carbocycles. The molecule has 4 nitrogen and oxygen atoms in total. The molecule has 0 spiro atoms. The molecule has 0 bridgehead atoms. The van der Waals surface area contributed by atoms with E-state index in [4.69, 9.17) is 4.74 Å². The lowest BCUT2D eigenvalue weighted by molar-refractivity contribution is -0.135. The minimum Gasteiger partial charge on any atom is -0.379 e. The largest absolute Gasteiger partial charge is 0.379 e. The van der Waals surface area contributed by atoms with Gasteiger partial charge < -0.3 is 15.0 Å². The molecule has 1 aliphatic rings. The molecule has 0 aromatic heterocycles. The van der Waals surface area contributed by atoms with E-state index in [9.17, 15) is 4.79 Å². The molecular formula is C16H23BrN2O2. The average molecular weight is 355 g/mol. The molecular weight excluding hydrogens is 332 g/mol. The summed E-state index contributed by atoms with van der Waals surface area (Å²) in [5.74, 6) is 0.0843. The number of halogens is 1. The zero-order chi connectivity index (χ0) is 15.2. The Hall–Kier alpha value is -0.910. The first-order valence-corrected chi connectivity index (χ1v) is 8.21. The maximum Gasteiger partial charge on any atom is 0.229 e. The SMILES string of the molecule is CCCNC1COCC1C(=O)N(C)Cc1ccc(Br)cc1. The lowest BCUT2D eigenvalue weighted by Crippen LogP contribution is -2.44. The predicted molar refractivity (Wildman–Crippen MR) is 87.0 cm³/mol. The van der Waals surface area contributed by atoms with Crippen molar-refractivity contribution in [3.8, 4) is 0 Å². The summed E-state index contributed by atoms with van der Waals surface area (Å²) in [7, 11) is 1.86. The lowest BCUT2D eigenvalue weighted by Gasteiger charge is -2.24. The molecule has 21 heavy (non-hydrogen) atoms. The minimum atomic E-state index is -0.0722. The number of hydrogen-bond donors (Lipinski definition) is 1. The van der Waals surface area contributed by atoms with Gasteiger partial charge in [0, 0.05) is 24.1 Å². The first-order chi connectivity index (χ1) is 10.1. The van der Waals surface area contributed by atoms with Gasteiger partial charge >= 0.3 is 0 Å². The van der Waals surface area contributed by atoms with Crippen LogP contribution in [-0.2, 0) is 16.1 Å². The second-order valence-corrected chi connectivity index (χ2v) is 6.44. The van der Waals surface area contributed by atoms with Crippen LogP contribution in [0.1, 0.15) is 18.9 Å². The summed E-state index contributed by atoms with van der Waals surface area (Å²) in [6.07, 6.45) is 1.06. The van der Waals surface area contributed by atoms with Crippen LogP contribution in [-0.4, -0.2) is 43.7 Å². The van der Waals surface area contributed by atoms with Crippen molar-refractivity contribution in [1.82, 2.24) is 10.2 Å². The van der Waals surface area contributed by atoms with Gasteiger partial charge in [0.25, 0.3) is 0 Å². The molecule has 2 atom stereocenters. The fourth-order valence-corrected chi connectivity index (χ4v) is 2.82. The Balaban J connectivity index is 1.93. The summed E-state index contributed by atoms with van der Waals surface area (Å²) in [5.41, 5.74) is 1.13. The first-order valence-electron chi connectivity index (χ1n) is 7.42. The zero-order valence-corrected chi connectivity index (χ0v) is 14.2. The molecule has 1 aromatic carbocycles. The Morgan fingerprint density at radius 2 is 2.10 bits per heavy atom. The van der Waals surface area contributed by atoms with E-state index in [2.05, 4.69) is 28.2 Å². The molecule has 1 amide bonds. The van der Waals surface area contributed by atoms with Crippen LogP contribution in [0.5, 0.6) is 0 Å². The number of nitrogens with one attached hydrogen (secondary N) is 1. The van der Waals surface area contributed by atoms with Crippen LogP contribution in [0.4, 0.5) is 0 Å². The normalized spacial score (nSPS) is 21.5. The van der Waals surface area contributed by atoms with E-state index in [1.807, 2.05) is 31.3 Å². The monoisotopic (exact) mass is 354 g/mol. The van der Waals surface area contributed by atoms with Gasteiger partial charge in [-0.25, -0.2) is 0 Å². The van der Waals surface area contributed by atoms with Crippen LogP contribution in [0.2, 0.25) is 0 Å². The van der Waals surface area contributed by atoms with Crippen molar-refractivity contribution in [3.05, 3.63) is 34.3 Å². The first kappa shape index (κ1) is 16.5. The molecule has 1 saturated heterocycles. The maximum atomic E-state index is 12.6. The van der Waals surface area contributed by atoms with Gasteiger partial charge in [0.2, 0.25) is 5.91 Å². The maximum absolute atomic E-state index is 12.6. The summed E-state index contributed by atoms with van der Waals surface area (Å²) in [6.45, 7) is 4.82. The summed E-state index contributed by atoms with van der Waals surface area (Å²) in [6, 6.07) is 8.21. The van der Waals surface area contributed by atoms with E-state index in [0.29, 0.717) is 19.8 Å². The molecule has 0 aliphatic carbocycles. The van der Waals surface area contributed by atoms with E-state index >= 15 is 0 Å². The zero-order valence-electron chi connectivity index (χ0n) is 12.6. The second kappa shape index (κ2) is 7.92. The Morgan fingerprint density at radius 1 is 1.38 bits per heavy atom. The van der Waals surface area contributed by atoms with Crippen molar-refractivity contribution >= 4 is 21.8 Å². The Bertz CT molecular complexity index is 464. The highest BCUT2D eigenvalue weighted by Gasteiger charge is 2.35. The summed E-state index contributed by atoms with van der Waals surface area (Å²) >= 11 is 3.42. The molecule has 116 valence electrons. The molecule has 1 N–H and O–H groups in total. The van der Waals surface area contributed by atoms with Gasteiger partial charge in [-0.15, -0.1) is 0 Å². The summed E-state index contributed by atoms with van der Waals surface area (Å²) < 4.78 is 6.54. The number of benzene rings is 1. The van der Waals surface area contributed by atoms with Crippen molar-refractivity contribution in [2.75, 3.05) is 26.8 Å². The van der Waals surface area contributed by atoms with Gasteiger partial charge in [-0.1, -0.05) is 35.0 Å². The fourth-order valence-electron chi connectivity index (χ4n) is 2.55. The third kappa shape index (κ3) is 4.53. The van der Waals surface area contributed by atoms with Gasteiger partial charge in [-0.2, -0.15) is 0 Å². The van der Waals surface area contributed by atoms with E-state index in [0.717, 1.165) is 23.0 Å². The molecule has 2 unspecified atom stereocenters. The smallest absolute Gasteiger partial charge is 0.229 e. The van der Waals surface area contributed by atoms with Gasteiger partial charge in [0.05, 0.1) is 19.1 Å². The third-order valence-electron chi connectivity index (χ3n) is 3.76. The number of carbonyl (C=O) groups excluding carboxylic acids is 1. The van der Waals surface area contributed by atoms with Crippen LogP contribution < -0.4 is 5.32 Å². The lowest BCUT2D eigenvalue weighted by atomic mass is 10.0. The predicted octanol–water partition coefficient (Wildman–Crippen LogP) is 2.42. The van der Waals surface area contributed by atoms with Gasteiger partial charge in [-0.05, 0) is 30.7 Å². The van der Waals surface area contributed by atoms with Crippen molar-refractivity contribution in [2.24, 2.45) is 5.92 Å². The van der Waals surface area contributed by atoms with E-state index in [1.165, 1.54) is 0 Å². The highest BCUT2D eigenvalue weighted by molar-refractivity contribution is 9.10. The Kier molecular flexibility index (Phi) is 6.21. The number of rotatable bonds is 6. The topological polar surface area (TPSA) is 41.6 Å². The standard InChI is InChI=1S/C16H23BrN2O2/c1-3-8-18-15-11-21-10-14(15)16(20)19(2)9-12-4-6-13(17)7-5-12/h4-7,14-15,18H,3,8-11H2,1-2H3. The van der Waals surface area contributed by atoms with Gasteiger partial charge in [0.1, 0.15) is 0 Å². The van der Waals surface area contributed by atoms with Gasteiger partial charge in [-0.3, -0.25) is 4.79 Å². The van der Waals surface area contributed by atoms with Crippen molar-refractivity contribution < 1.29 is 9.53 Å². The number of hydrogen-bond acceptors (Lipinski definition) is 3. The van der Waals surface area contributed by atoms with Crippen LogP contribution in [0.3, 0.4) is 0 Å². The van der Waals surface area contributed by atoms with Crippen LogP contribution in [0, 0.1) is 5.92 Å². The number of amides is 1. The van der Waals surface area contributed by atoms with Crippen molar-refractivity contribution in [2.45, 2.75) is 25.9 Å². The van der Waals surface area contributed by atoms with Crippen LogP contribution >= 0.6 is 15.9 Å². The summed E-state index contributed by atoms with van der Waals surface area (Å²) in [5, 5.41) is 3.41. The molecule has 0 radical (unpaired) electrons. The Morgan fingerprint density at radius 3 is 2.76 bits per heavy atom.